The lowest BCUT2D eigenvalue weighted by Crippen LogP contribution is -2.14. The number of rotatable bonds is 4. The third-order valence-corrected chi connectivity index (χ3v) is 3.90. The highest BCUT2D eigenvalue weighted by atomic mass is 32.1. The Balaban J connectivity index is 2.35. The quantitative estimate of drug-likeness (QED) is 0.898. The largest absolute Gasteiger partial charge is 0.433 e. The van der Waals surface area contributed by atoms with Crippen LogP contribution in [0.4, 0.5) is 19.0 Å². The van der Waals surface area contributed by atoms with Gasteiger partial charge in [-0.1, -0.05) is 13.0 Å². The van der Waals surface area contributed by atoms with Gasteiger partial charge < -0.3 is 5.32 Å². The molecular formula is C14H12F3N3S. The summed E-state index contributed by atoms with van der Waals surface area (Å²) >= 11 is 1.50. The van der Waals surface area contributed by atoms with Crippen molar-refractivity contribution in [3.8, 4) is 6.07 Å². The standard InChI is InChI=1S/C14H12F3N3S/c1-2-10(11-4-3-7-21-11)19-13-9(8-18)5-6-12(20-13)14(15,16)17/h3-7,10H,2H2,1H3,(H,19,20). The number of thiophene rings is 1. The molecule has 3 nitrogen and oxygen atoms in total. The highest BCUT2D eigenvalue weighted by Gasteiger charge is 2.33. The molecule has 0 saturated carbocycles. The monoisotopic (exact) mass is 311 g/mol. The zero-order valence-electron chi connectivity index (χ0n) is 11.1. The smallest absolute Gasteiger partial charge is 0.361 e. The summed E-state index contributed by atoms with van der Waals surface area (Å²) in [5.41, 5.74) is -0.914. The first-order valence-corrected chi connectivity index (χ1v) is 7.12. The minimum absolute atomic E-state index is 0.0347. The van der Waals surface area contributed by atoms with Crippen LogP contribution in [0, 0.1) is 11.3 Å². The Kier molecular flexibility index (Phi) is 4.48. The molecule has 1 atom stereocenters. The minimum Gasteiger partial charge on any atom is -0.361 e. The molecule has 0 aromatic carbocycles. The molecule has 0 saturated heterocycles. The maximum absolute atomic E-state index is 12.7. The molecule has 0 bridgehead atoms. The molecule has 0 fully saturated rings. The molecule has 2 rings (SSSR count). The summed E-state index contributed by atoms with van der Waals surface area (Å²) in [6.07, 6.45) is -3.86. The second-order valence-electron chi connectivity index (χ2n) is 4.32. The summed E-state index contributed by atoms with van der Waals surface area (Å²) in [5.74, 6) is -0.0347. The van der Waals surface area contributed by atoms with Crippen LogP contribution in [0.2, 0.25) is 0 Å². The number of pyridine rings is 1. The van der Waals surface area contributed by atoms with Crippen molar-refractivity contribution >= 4 is 17.2 Å². The fourth-order valence-electron chi connectivity index (χ4n) is 1.85. The van der Waals surface area contributed by atoms with E-state index in [1.54, 1.807) is 0 Å². The number of hydrogen-bond acceptors (Lipinski definition) is 4. The molecule has 0 radical (unpaired) electrons. The molecule has 2 aromatic heterocycles. The first-order valence-electron chi connectivity index (χ1n) is 6.24. The van der Waals surface area contributed by atoms with Crippen LogP contribution in [-0.4, -0.2) is 4.98 Å². The molecular weight excluding hydrogens is 299 g/mol. The minimum atomic E-state index is -4.53. The first-order chi connectivity index (χ1) is 9.95. The summed E-state index contributed by atoms with van der Waals surface area (Å²) < 4.78 is 38.2. The van der Waals surface area contributed by atoms with Gasteiger partial charge in [0.15, 0.2) is 0 Å². The van der Waals surface area contributed by atoms with Gasteiger partial charge in [0.2, 0.25) is 0 Å². The van der Waals surface area contributed by atoms with E-state index in [0.717, 1.165) is 17.0 Å². The molecule has 2 aromatic rings. The van der Waals surface area contributed by atoms with Gasteiger partial charge in [0, 0.05) is 4.88 Å². The highest BCUT2D eigenvalue weighted by molar-refractivity contribution is 7.10. The average molecular weight is 311 g/mol. The number of nitrogens with zero attached hydrogens (tertiary/aromatic N) is 2. The third-order valence-electron chi connectivity index (χ3n) is 2.91. The van der Waals surface area contributed by atoms with Gasteiger partial charge in [-0.2, -0.15) is 18.4 Å². The highest BCUT2D eigenvalue weighted by Crippen LogP contribution is 2.31. The Morgan fingerprint density at radius 2 is 2.14 bits per heavy atom. The Morgan fingerprint density at radius 1 is 1.38 bits per heavy atom. The maximum atomic E-state index is 12.7. The van der Waals surface area contributed by atoms with Gasteiger partial charge in [-0.3, -0.25) is 0 Å². The van der Waals surface area contributed by atoms with E-state index in [2.05, 4.69) is 10.3 Å². The topological polar surface area (TPSA) is 48.7 Å². The summed E-state index contributed by atoms with van der Waals surface area (Å²) in [5, 5.41) is 13.9. The van der Waals surface area contributed by atoms with Crippen molar-refractivity contribution in [3.05, 3.63) is 45.8 Å². The molecule has 0 spiro atoms. The van der Waals surface area contributed by atoms with Gasteiger partial charge >= 0.3 is 6.18 Å². The van der Waals surface area contributed by atoms with Crippen LogP contribution in [0.15, 0.2) is 29.6 Å². The maximum Gasteiger partial charge on any atom is 0.433 e. The van der Waals surface area contributed by atoms with E-state index < -0.39 is 11.9 Å². The lowest BCUT2D eigenvalue weighted by Gasteiger charge is -2.18. The summed E-state index contributed by atoms with van der Waals surface area (Å²) in [7, 11) is 0. The molecule has 1 unspecified atom stereocenters. The van der Waals surface area contributed by atoms with E-state index >= 15 is 0 Å². The number of alkyl halides is 3. The fourth-order valence-corrected chi connectivity index (χ4v) is 2.71. The summed E-state index contributed by atoms with van der Waals surface area (Å²) in [6.45, 7) is 1.91. The van der Waals surface area contributed by atoms with Crippen molar-refractivity contribution in [2.45, 2.75) is 25.6 Å². The van der Waals surface area contributed by atoms with Gasteiger partial charge in [0.05, 0.1) is 11.6 Å². The molecule has 1 N–H and O–H groups in total. The van der Waals surface area contributed by atoms with Gasteiger partial charge in [-0.15, -0.1) is 11.3 Å². The Bertz CT molecular complexity index is 644. The number of hydrogen-bond donors (Lipinski definition) is 1. The Hall–Kier alpha value is -2.07. The number of anilines is 1. The van der Waals surface area contributed by atoms with E-state index in [0.29, 0.717) is 6.42 Å². The Morgan fingerprint density at radius 3 is 2.67 bits per heavy atom. The number of halogens is 3. The summed E-state index contributed by atoms with van der Waals surface area (Å²) in [6, 6.07) is 7.40. The third kappa shape index (κ3) is 3.52. The molecule has 0 aliphatic heterocycles. The predicted octanol–water partition coefficient (Wildman–Crippen LogP) is 4.60. The van der Waals surface area contributed by atoms with Gasteiger partial charge in [-0.05, 0) is 30.0 Å². The molecule has 0 aliphatic carbocycles. The predicted molar refractivity (Wildman–Crippen MR) is 74.9 cm³/mol. The van der Waals surface area contributed by atoms with Crippen LogP contribution >= 0.6 is 11.3 Å². The molecule has 0 amide bonds. The lowest BCUT2D eigenvalue weighted by molar-refractivity contribution is -0.141. The molecule has 2 heterocycles. The zero-order chi connectivity index (χ0) is 15.5. The van der Waals surface area contributed by atoms with Crippen LogP contribution in [0.5, 0.6) is 0 Å². The van der Waals surface area contributed by atoms with Crippen molar-refractivity contribution in [2.75, 3.05) is 5.32 Å². The number of nitriles is 1. The first kappa shape index (κ1) is 15.3. The molecule has 110 valence electrons. The van der Waals surface area contributed by atoms with E-state index in [1.165, 1.54) is 11.3 Å². The van der Waals surface area contributed by atoms with Crippen molar-refractivity contribution in [2.24, 2.45) is 0 Å². The lowest BCUT2D eigenvalue weighted by atomic mass is 10.1. The molecule has 7 heteroatoms. The fraction of sp³-hybridized carbons (Fsp3) is 0.286. The number of nitrogens with one attached hydrogen (secondary N) is 1. The van der Waals surface area contributed by atoms with Gasteiger partial charge in [-0.25, -0.2) is 4.98 Å². The van der Waals surface area contributed by atoms with Crippen molar-refractivity contribution in [1.82, 2.24) is 4.98 Å². The Labute approximate surface area is 124 Å². The summed E-state index contributed by atoms with van der Waals surface area (Å²) in [4.78, 5) is 4.55. The van der Waals surface area contributed by atoms with Crippen molar-refractivity contribution < 1.29 is 13.2 Å². The van der Waals surface area contributed by atoms with E-state index in [1.807, 2.05) is 30.5 Å². The van der Waals surface area contributed by atoms with Crippen LogP contribution in [-0.2, 0) is 6.18 Å². The molecule has 0 aliphatic rings. The number of aromatic nitrogens is 1. The van der Waals surface area contributed by atoms with Crippen molar-refractivity contribution in [1.29, 1.82) is 5.26 Å². The van der Waals surface area contributed by atoms with E-state index in [4.69, 9.17) is 5.26 Å². The van der Waals surface area contributed by atoms with Crippen LogP contribution < -0.4 is 5.32 Å². The van der Waals surface area contributed by atoms with E-state index in [-0.39, 0.29) is 17.4 Å². The van der Waals surface area contributed by atoms with E-state index in [9.17, 15) is 13.2 Å². The van der Waals surface area contributed by atoms with Crippen LogP contribution in [0.25, 0.3) is 0 Å². The normalized spacial score (nSPS) is 12.7. The SMILES string of the molecule is CCC(Nc1nc(C(F)(F)F)ccc1C#N)c1cccs1. The van der Waals surface area contributed by atoms with Crippen LogP contribution in [0.1, 0.15) is 35.5 Å². The van der Waals surface area contributed by atoms with Crippen LogP contribution in [0.3, 0.4) is 0 Å². The zero-order valence-corrected chi connectivity index (χ0v) is 11.9. The van der Waals surface area contributed by atoms with Gasteiger partial charge in [0.1, 0.15) is 17.6 Å². The molecule has 21 heavy (non-hydrogen) atoms. The van der Waals surface area contributed by atoms with Gasteiger partial charge in [0.25, 0.3) is 0 Å². The van der Waals surface area contributed by atoms with Crippen molar-refractivity contribution in [3.63, 3.8) is 0 Å². The second-order valence-corrected chi connectivity index (χ2v) is 5.30. The second kappa shape index (κ2) is 6.14. The average Bonchev–Trinajstić information content (AvgIpc) is 2.97.